The van der Waals surface area contributed by atoms with Gasteiger partial charge in [-0.1, -0.05) is 30.3 Å². The van der Waals surface area contributed by atoms with E-state index in [-0.39, 0.29) is 0 Å². The Balaban J connectivity index is 1.60. The zero-order chi connectivity index (χ0) is 13.8. The van der Waals surface area contributed by atoms with Crippen LogP contribution in [0, 0.1) is 0 Å². The van der Waals surface area contributed by atoms with Gasteiger partial charge in [0.2, 0.25) is 0 Å². The Morgan fingerprint density at radius 2 is 1.80 bits per heavy atom. The molecule has 0 aliphatic rings. The molecule has 0 bridgehead atoms. The molecule has 1 aromatic heterocycles. The number of rotatable bonds is 3. The van der Waals surface area contributed by atoms with Crippen LogP contribution in [0.3, 0.4) is 0 Å². The van der Waals surface area contributed by atoms with Gasteiger partial charge in [0.15, 0.2) is 5.11 Å². The number of fused-ring (bicyclic) bond motifs is 1. The average molecular weight is 282 g/mol. The van der Waals surface area contributed by atoms with Crippen LogP contribution in [0.1, 0.15) is 5.82 Å². The van der Waals surface area contributed by atoms with Crippen LogP contribution in [-0.2, 0) is 6.54 Å². The first-order valence-electron chi connectivity index (χ1n) is 6.35. The molecule has 0 unspecified atom stereocenters. The van der Waals surface area contributed by atoms with Crippen LogP contribution >= 0.6 is 12.2 Å². The third-order valence-corrected chi connectivity index (χ3v) is 3.13. The number of imidazole rings is 1. The highest BCUT2D eigenvalue weighted by Gasteiger charge is 2.02. The van der Waals surface area contributed by atoms with Gasteiger partial charge in [0.05, 0.1) is 17.6 Å². The van der Waals surface area contributed by atoms with Crippen molar-refractivity contribution in [3.05, 3.63) is 60.4 Å². The molecule has 3 N–H and O–H groups in total. The van der Waals surface area contributed by atoms with Crippen molar-refractivity contribution >= 4 is 34.1 Å². The maximum absolute atomic E-state index is 5.25. The molecule has 0 atom stereocenters. The summed E-state index contributed by atoms with van der Waals surface area (Å²) in [4.78, 5) is 7.74. The van der Waals surface area contributed by atoms with Gasteiger partial charge in [-0.25, -0.2) is 4.98 Å². The Labute approximate surface area is 122 Å². The van der Waals surface area contributed by atoms with Gasteiger partial charge in [-0.3, -0.25) is 0 Å². The standard InChI is InChI=1S/C15H14N4S/c20-15(17-11-6-2-1-3-7-11)16-10-14-18-12-8-4-5-9-13(12)19-14/h1-9H,10H2,(H,18,19)(H2,16,17,20). The van der Waals surface area contributed by atoms with Gasteiger partial charge < -0.3 is 15.6 Å². The first-order chi connectivity index (χ1) is 9.81. The molecule has 0 amide bonds. The molecule has 0 radical (unpaired) electrons. The summed E-state index contributed by atoms with van der Waals surface area (Å²) in [6, 6.07) is 17.8. The third-order valence-electron chi connectivity index (χ3n) is 2.89. The van der Waals surface area contributed by atoms with E-state index < -0.39 is 0 Å². The molecule has 1 heterocycles. The fraction of sp³-hybridized carbons (Fsp3) is 0.0667. The minimum absolute atomic E-state index is 0.563. The summed E-state index contributed by atoms with van der Waals surface area (Å²) in [7, 11) is 0. The Hall–Kier alpha value is -2.40. The van der Waals surface area contributed by atoms with Gasteiger partial charge in [0.1, 0.15) is 5.82 Å². The third kappa shape index (κ3) is 2.95. The lowest BCUT2D eigenvalue weighted by Crippen LogP contribution is -2.28. The zero-order valence-corrected chi connectivity index (χ0v) is 11.6. The van der Waals surface area contributed by atoms with Crippen LogP contribution in [-0.4, -0.2) is 15.1 Å². The van der Waals surface area contributed by atoms with E-state index in [0.29, 0.717) is 11.7 Å². The molecule has 0 aliphatic carbocycles. The number of H-pyrrole nitrogens is 1. The van der Waals surface area contributed by atoms with Crippen LogP contribution in [0.4, 0.5) is 5.69 Å². The lowest BCUT2D eigenvalue weighted by atomic mass is 10.3. The second kappa shape index (κ2) is 5.71. The molecule has 0 saturated carbocycles. The molecule has 2 aromatic carbocycles. The highest BCUT2D eigenvalue weighted by molar-refractivity contribution is 7.80. The second-order valence-electron chi connectivity index (χ2n) is 4.37. The van der Waals surface area contributed by atoms with Crippen molar-refractivity contribution in [3.8, 4) is 0 Å². The van der Waals surface area contributed by atoms with Crippen molar-refractivity contribution in [2.75, 3.05) is 5.32 Å². The Morgan fingerprint density at radius 1 is 1.05 bits per heavy atom. The fourth-order valence-corrected chi connectivity index (χ4v) is 2.14. The number of hydrogen-bond donors (Lipinski definition) is 3. The molecule has 3 aromatic rings. The average Bonchev–Trinajstić information content (AvgIpc) is 2.89. The maximum atomic E-state index is 5.25. The van der Waals surface area contributed by atoms with Crippen LogP contribution < -0.4 is 10.6 Å². The molecule has 3 rings (SSSR count). The first-order valence-corrected chi connectivity index (χ1v) is 6.75. The van der Waals surface area contributed by atoms with Gasteiger partial charge >= 0.3 is 0 Å². The smallest absolute Gasteiger partial charge is 0.171 e. The van der Waals surface area contributed by atoms with Crippen molar-refractivity contribution in [2.45, 2.75) is 6.54 Å². The molecule has 0 spiro atoms. The first kappa shape index (κ1) is 12.6. The summed E-state index contributed by atoms with van der Waals surface area (Å²) in [6.07, 6.45) is 0. The quantitative estimate of drug-likeness (QED) is 0.646. The van der Waals surface area contributed by atoms with Gasteiger partial charge in [-0.05, 0) is 36.5 Å². The van der Waals surface area contributed by atoms with Crippen molar-refractivity contribution in [3.63, 3.8) is 0 Å². The van der Waals surface area contributed by atoms with Gasteiger partial charge in [-0.2, -0.15) is 0 Å². The highest BCUT2D eigenvalue weighted by atomic mass is 32.1. The van der Waals surface area contributed by atoms with E-state index >= 15 is 0 Å². The molecule has 4 nitrogen and oxygen atoms in total. The summed E-state index contributed by atoms with van der Waals surface area (Å²) in [6.45, 7) is 0.563. The Bertz CT molecular complexity index is 688. The molecule has 0 aliphatic heterocycles. The lowest BCUT2D eigenvalue weighted by Gasteiger charge is -2.08. The number of aromatic nitrogens is 2. The topological polar surface area (TPSA) is 52.7 Å². The van der Waals surface area contributed by atoms with E-state index in [0.717, 1.165) is 22.5 Å². The van der Waals surface area contributed by atoms with Gasteiger partial charge in [0, 0.05) is 5.69 Å². The van der Waals surface area contributed by atoms with Crippen LogP contribution in [0.15, 0.2) is 54.6 Å². The summed E-state index contributed by atoms with van der Waals surface area (Å²) in [5, 5.41) is 6.84. The molecular formula is C15H14N4S. The molecule has 20 heavy (non-hydrogen) atoms. The minimum Gasteiger partial charge on any atom is -0.355 e. The van der Waals surface area contributed by atoms with Gasteiger partial charge in [0.25, 0.3) is 0 Å². The van der Waals surface area contributed by atoms with E-state index in [4.69, 9.17) is 12.2 Å². The summed E-state index contributed by atoms with van der Waals surface area (Å²) < 4.78 is 0. The van der Waals surface area contributed by atoms with E-state index in [1.807, 2.05) is 54.6 Å². The zero-order valence-electron chi connectivity index (χ0n) is 10.8. The van der Waals surface area contributed by atoms with E-state index in [1.165, 1.54) is 0 Å². The predicted molar refractivity (Wildman–Crippen MR) is 85.6 cm³/mol. The molecule has 0 saturated heterocycles. The number of hydrogen-bond acceptors (Lipinski definition) is 2. The fourth-order valence-electron chi connectivity index (χ4n) is 1.95. The van der Waals surface area contributed by atoms with Crippen molar-refractivity contribution in [1.82, 2.24) is 15.3 Å². The summed E-state index contributed by atoms with van der Waals surface area (Å²) in [5.41, 5.74) is 2.96. The van der Waals surface area contributed by atoms with E-state index in [9.17, 15) is 0 Å². The number of nitrogens with one attached hydrogen (secondary N) is 3. The summed E-state index contributed by atoms with van der Waals surface area (Å²) in [5.74, 6) is 0.864. The number of aromatic amines is 1. The number of thiocarbonyl (C=S) groups is 1. The van der Waals surface area contributed by atoms with E-state index in [2.05, 4.69) is 20.6 Å². The number of anilines is 1. The number of nitrogens with zero attached hydrogens (tertiary/aromatic N) is 1. The number of benzene rings is 2. The molecule has 0 fully saturated rings. The SMILES string of the molecule is S=C(NCc1nc2ccccc2[nH]1)Nc1ccccc1. The molecular weight excluding hydrogens is 268 g/mol. The van der Waals surface area contributed by atoms with Gasteiger partial charge in [-0.15, -0.1) is 0 Å². The lowest BCUT2D eigenvalue weighted by molar-refractivity contribution is 0.859. The van der Waals surface area contributed by atoms with Crippen LogP contribution in [0.5, 0.6) is 0 Å². The Kier molecular flexibility index (Phi) is 3.60. The predicted octanol–water partition coefficient (Wildman–Crippen LogP) is 3.05. The Morgan fingerprint density at radius 3 is 2.60 bits per heavy atom. The van der Waals surface area contributed by atoms with Crippen molar-refractivity contribution in [1.29, 1.82) is 0 Å². The normalized spacial score (nSPS) is 10.4. The maximum Gasteiger partial charge on any atom is 0.171 e. The van der Waals surface area contributed by atoms with E-state index in [1.54, 1.807) is 0 Å². The van der Waals surface area contributed by atoms with Crippen LogP contribution in [0.25, 0.3) is 11.0 Å². The number of para-hydroxylation sites is 3. The molecule has 100 valence electrons. The monoisotopic (exact) mass is 282 g/mol. The minimum atomic E-state index is 0.563. The second-order valence-corrected chi connectivity index (χ2v) is 4.78. The highest BCUT2D eigenvalue weighted by Crippen LogP contribution is 2.10. The largest absolute Gasteiger partial charge is 0.355 e. The van der Waals surface area contributed by atoms with Crippen molar-refractivity contribution < 1.29 is 0 Å². The summed E-state index contributed by atoms with van der Waals surface area (Å²) >= 11 is 5.25. The molecule has 5 heteroatoms. The van der Waals surface area contributed by atoms with Crippen molar-refractivity contribution in [2.24, 2.45) is 0 Å². The van der Waals surface area contributed by atoms with Crippen LogP contribution in [0.2, 0.25) is 0 Å².